The highest BCUT2D eigenvalue weighted by Gasteiger charge is 2.39. The van der Waals surface area contributed by atoms with E-state index < -0.39 is 8.32 Å². The fourth-order valence-electron chi connectivity index (χ4n) is 2.37. The van der Waals surface area contributed by atoms with Crippen LogP contribution in [0.2, 0.25) is 18.1 Å². The number of aryl methyl sites for hydroxylation is 2. The summed E-state index contributed by atoms with van der Waals surface area (Å²) in [5.74, 6) is 1.62. The molecule has 0 radical (unpaired) electrons. The molecule has 3 heteroatoms. The summed E-state index contributed by atoms with van der Waals surface area (Å²) in [6, 6.07) is 12.7. The van der Waals surface area contributed by atoms with E-state index in [0.29, 0.717) is 0 Å². The van der Waals surface area contributed by atoms with E-state index in [-0.39, 0.29) is 5.04 Å². The number of rotatable bonds is 5. The Morgan fingerprint density at radius 2 is 1.38 bits per heavy atom. The van der Waals surface area contributed by atoms with Crippen LogP contribution >= 0.6 is 0 Å². The van der Waals surface area contributed by atoms with E-state index in [1.54, 1.807) is 7.11 Å². The first-order valence-corrected chi connectivity index (χ1v) is 12.1. The molecule has 0 aromatic heterocycles. The number of benzene rings is 2. The van der Waals surface area contributed by atoms with Crippen molar-refractivity contribution in [1.82, 2.24) is 0 Å². The normalized spacial score (nSPS) is 12.5. The standard InChI is InChI=1S/C23H32O2Si/c1-17-9-10-19(15-18(17)2)11-12-20-13-14-21(24-6)22(16-20)25-26(7,8)23(3,4)5/h9-16H,1-8H3/b12-11-. The Balaban J connectivity index is 2.31. The van der Waals surface area contributed by atoms with Gasteiger partial charge in [-0.3, -0.25) is 0 Å². The molecule has 0 saturated carbocycles. The minimum atomic E-state index is -1.92. The predicted octanol–water partition coefficient (Wildman–Crippen LogP) is 6.87. The molecule has 2 aromatic rings. The molecule has 0 fully saturated rings. The van der Waals surface area contributed by atoms with Crippen molar-refractivity contribution < 1.29 is 9.16 Å². The van der Waals surface area contributed by atoms with E-state index in [4.69, 9.17) is 9.16 Å². The maximum absolute atomic E-state index is 6.50. The van der Waals surface area contributed by atoms with Crippen LogP contribution in [0.5, 0.6) is 11.5 Å². The minimum Gasteiger partial charge on any atom is -0.541 e. The van der Waals surface area contributed by atoms with Gasteiger partial charge in [0.25, 0.3) is 8.32 Å². The van der Waals surface area contributed by atoms with Gasteiger partial charge < -0.3 is 9.16 Å². The number of ether oxygens (including phenoxy) is 1. The molecule has 0 spiro atoms. The van der Waals surface area contributed by atoms with Gasteiger partial charge in [0.15, 0.2) is 5.75 Å². The number of methoxy groups -OCH3 is 1. The van der Waals surface area contributed by atoms with Crippen LogP contribution in [0.4, 0.5) is 0 Å². The molecule has 2 aromatic carbocycles. The molecule has 0 atom stereocenters. The second kappa shape index (κ2) is 7.71. The van der Waals surface area contributed by atoms with Gasteiger partial charge in [0, 0.05) is 0 Å². The summed E-state index contributed by atoms with van der Waals surface area (Å²) in [4.78, 5) is 0. The quantitative estimate of drug-likeness (QED) is 0.423. The molecule has 0 N–H and O–H groups in total. The van der Waals surface area contributed by atoms with E-state index in [1.807, 2.05) is 6.07 Å². The summed E-state index contributed by atoms with van der Waals surface area (Å²) >= 11 is 0. The van der Waals surface area contributed by atoms with E-state index >= 15 is 0 Å². The zero-order chi connectivity index (χ0) is 19.5. The fourth-order valence-corrected chi connectivity index (χ4v) is 3.38. The Bertz CT molecular complexity index is 798. The molecule has 0 aliphatic rings. The molecule has 0 bridgehead atoms. The third-order valence-electron chi connectivity index (χ3n) is 5.36. The molecule has 2 nitrogen and oxygen atoms in total. The molecule has 2 rings (SSSR count). The molecule has 0 amide bonds. The van der Waals surface area contributed by atoms with Gasteiger partial charge in [-0.2, -0.15) is 0 Å². The van der Waals surface area contributed by atoms with Gasteiger partial charge in [0.1, 0.15) is 5.75 Å². The lowest BCUT2D eigenvalue weighted by atomic mass is 10.1. The lowest BCUT2D eigenvalue weighted by Gasteiger charge is -2.36. The SMILES string of the molecule is COc1ccc(/C=C\c2ccc(C)c(C)c2)cc1O[Si](C)(C)C(C)(C)C. The zero-order valence-corrected chi connectivity index (χ0v) is 18.4. The third-order valence-corrected chi connectivity index (χ3v) is 9.70. The molecule has 0 saturated heterocycles. The summed E-state index contributed by atoms with van der Waals surface area (Å²) in [7, 11) is -0.228. The number of hydrogen-bond acceptors (Lipinski definition) is 2. The average molecular weight is 369 g/mol. The molecular formula is C23H32O2Si. The van der Waals surface area contributed by atoms with E-state index in [0.717, 1.165) is 17.1 Å². The van der Waals surface area contributed by atoms with Crippen LogP contribution in [0.3, 0.4) is 0 Å². The second-order valence-corrected chi connectivity index (χ2v) is 13.2. The van der Waals surface area contributed by atoms with Crippen molar-refractivity contribution in [3.05, 3.63) is 58.7 Å². The first-order valence-electron chi connectivity index (χ1n) is 9.16. The van der Waals surface area contributed by atoms with Gasteiger partial charge in [0.05, 0.1) is 7.11 Å². The highest BCUT2D eigenvalue weighted by molar-refractivity contribution is 6.74. The highest BCUT2D eigenvalue weighted by Crippen LogP contribution is 2.40. The largest absolute Gasteiger partial charge is 0.541 e. The second-order valence-electron chi connectivity index (χ2n) is 8.45. The van der Waals surface area contributed by atoms with E-state index in [9.17, 15) is 0 Å². The van der Waals surface area contributed by atoms with Crippen molar-refractivity contribution in [3.8, 4) is 11.5 Å². The molecule has 140 valence electrons. The first kappa shape index (κ1) is 20.3. The van der Waals surface area contributed by atoms with Gasteiger partial charge in [0.2, 0.25) is 0 Å². The van der Waals surface area contributed by atoms with Crippen molar-refractivity contribution in [2.45, 2.75) is 52.8 Å². The number of hydrogen-bond donors (Lipinski definition) is 0. The summed E-state index contributed by atoms with van der Waals surface area (Å²) in [6.07, 6.45) is 4.27. The zero-order valence-electron chi connectivity index (χ0n) is 17.4. The Morgan fingerprint density at radius 3 is 1.92 bits per heavy atom. The van der Waals surface area contributed by atoms with Crippen LogP contribution in [0.15, 0.2) is 36.4 Å². The topological polar surface area (TPSA) is 18.5 Å². The van der Waals surface area contributed by atoms with Gasteiger partial charge in [-0.05, 0) is 66.4 Å². The smallest absolute Gasteiger partial charge is 0.250 e. The van der Waals surface area contributed by atoms with Crippen LogP contribution in [0.1, 0.15) is 43.0 Å². The van der Waals surface area contributed by atoms with Crippen molar-refractivity contribution in [2.75, 3.05) is 7.11 Å². The maximum Gasteiger partial charge on any atom is 0.250 e. The van der Waals surface area contributed by atoms with Crippen LogP contribution in [-0.4, -0.2) is 15.4 Å². The molecule has 0 heterocycles. The van der Waals surface area contributed by atoms with E-state index in [1.165, 1.54) is 16.7 Å². The summed E-state index contributed by atoms with van der Waals surface area (Å²) in [5, 5.41) is 0.142. The summed E-state index contributed by atoms with van der Waals surface area (Å²) in [6.45, 7) is 15.5. The molecule has 26 heavy (non-hydrogen) atoms. The Morgan fingerprint density at radius 1 is 0.808 bits per heavy atom. The monoisotopic (exact) mass is 368 g/mol. The Hall–Kier alpha value is -2.00. The molecular weight excluding hydrogens is 336 g/mol. The fraction of sp³-hybridized carbons (Fsp3) is 0.391. The highest BCUT2D eigenvalue weighted by atomic mass is 28.4. The minimum absolute atomic E-state index is 0.142. The Kier molecular flexibility index (Phi) is 6.02. The molecule has 0 unspecified atom stereocenters. The van der Waals surface area contributed by atoms with Crippen LogP contribution < -0.4 is 9.16 Å². The van der Waals surface area contributed by atoms with Crippen molar-refractivity contribution in [3.63, 3.8) is 0 Å². The van der Waals surface area contributed by atoms with Gasteiger partial charge >= 0.3 is 0 Å². The van der Waals surface area contributed by atoms with Gasteiger partial charge in [-0.15, -0.1) is 0 Å². The van der Waals surface area contributed by atoms with Crippen LogP contribution in [0.25, 0.3) is 12.2 Å². The summed E-state index contributed by atoms with van der Waals surface area (Å²) < 4.78 is 12.0. The predicted molar refractivity (Wildman–Crippen MR) is 116 cm³/mol. The summed E-state index contributed by atoms with van der Waals surface area (Å²) in [5.41, 5.74) is 4.94. The first-order chi connectivity index (χ1) is 12.0. The average Bonchev–Trinajstić information content (AvgIpc) is 2.55. The van der Waals surface area contributed by atoms with Gasteiger partial charge in [-0.25, -0.2) is 0 Å². The maximum atomic E-state index is 6.50. The van der Waals surface area contributed by atoms with E-state index in [2.05, 4.69) is 90.2 Å². The van der Waals surface area contributed by atoms with Crippen molar-refractivity contribution in [1.29, 1.82) is 0 Å². The van der Waals surface area contributed by atoms with Gasteiger partial charge in [-0.1, -0.05) is 57.2 Å². The molecule has 0 aliphatic carbocycles. The van der Waals surface area contributed by atoms with Crippen LogP contribution in [-0.2, 0) is 0 Å². The lowest BCUT2D eigenvalue weighted by Crippen LogP contribution is -2.43. The van der Waals surface area contributed by atoms with Crippen LogP contribution in [0, 0.1) is 13.8 Å². The van der Waals surface area contributed by atoms with Crippen molar-refractivity contribution in [2.24, 2.45) is 0 Å². The Labute approximate surface area is 160 Å². The molecule has 0 aliphatic heterocycles. The lowest BCUT2D eigenvalue weighted by molar-refractivity contribution is 0.386. The third kappa shape index (κ3) is 4.79. The van der Waals surface area contributed by atoms with Crippen molar-refractivity contribution >= 4 is 20.5 Å².